The van der Waals surface area contributed by atoms with E-state index in [4.69, 9.17) is 0 Å². The van der Waals surface area contributed by atoms with Gasteiger partial charge in [-0.1, -0.05) is 6.92 Å². The third-order valence-corrected chi connectivity index (χ3v) is 4.95. The SMILES string of the molecule is CC[C@@H]1CN(C(=O)c2ccc(NCc3n[nH]c(=O)[nH]3)nc2)CCN1C(C)C. The van der Waals surface area contributed by atoms with Gasteiger partial charge in [-0.3, -0.25) is 14.7 Å². The van der Waals surface area contributed by atoms with E-state index in [1.54, 1.807) is 18.3 Å². The van der Waals surface area contributed by atoms with Gasteiger partial charge in [0.1, 0.15) is 11.6 Å². The zero-order chi connectivity index (χ0) is 19.4. The minimum absolute atomic E-state index is 0.0209. The van der Waals surface area contributed by atoms with Gasteiger partial charge in [-0.05, 0) is 32.4 Å². The second kappa shape index (κ2) is 8.34. The summed E-state index contributed by atoms with van der Waals surface area (Å²) in [6.07, 6.45) is 2.62. The Kier molecular flexibility index (Phi) is 5.90. The van der Waals surface area contributed by atoms with Gasteiger partial charge in [-0.2, -0.15) is 5.10 Å². The summed E-state index contributed by atoms with van der Waals surface area (Å²) in [6.45, 7) is 9.30. The Hall–Kier alpha value is -2.68. The summed E-state index contributed by atoms with van der Waals surface area (Å²) in [5, 5.41) is 9.19. The number of hydrogen-bond acceptors (Lipinski definition) is 6. The third-order valence-electron chi connectivity index (χ3n) is 4.95. The highest BCUT2D eigenvalue weighted by atomic mass is 16.2. The number of piperazine rings is 1. The fourth-order valence-electron chi connectivity index (χ4n) is 3.47. The van der Waals surface area contributed by atoms with Crippen molar-refractivity contribution in [1.29, 1.82) is 0 Å². The Morgan fingerprint density at radius 1 is 1.37 bits per heavy atom. The van der Waals surface area contributed by atoms with Crippen molar-refractivity contribution in [3.05, 3.63) is 40.2 Å². The molecule has 3 rings (SSSR count). The number of rotatable bonds is 6. The van der Waals surface area contributed by atoms with Crippen LogP contribution < -0.4 is 11.0 Å². The number of nitrogens with zero attached hydrogens (tertiary/aromatic N) is 4. The number of hydrogen-bond donors (Lipinski definition) is 3. The molecular formula is C18H27N7O2. The molecule has 27 heavy (non-hydrogen) atoms. The first-order chi connectivity index (χ1) is 13.0. The molecule has 2 aromatic heterocycles. The average molecular weight is 373 g/mol. The van der Waals surface area contributed by atoms with Gasteiger partial charge < -0.3 is 10.2 Å². The van der Waals surface area contributed by atoms with Crippen LogP contribution in [0.2, 0.25) is 0 Å². The van der Waals surface area contributed by atoms with Crippen molar-refractivity contribution in [2.75, 3.05) is 25.0 Å². The molecule has 1 saturated heterocycles. The van der Waals surface area contributed by atoms with Crippen molar-refractivity contribution in [3.63, 3.8) is 0 Å². The van der Waals surface area contributed by atoms with Gasteiger partial charge >= 0.3 is 5.69 Å². The van der Waals surface area contributed by atoms with Crippen LogP contribution in [0.5, 0.6) is 0 Å². The maximum Gasteiger partial charge on any atom is 0.340 e. The Balaban J connectivity index is 1.59. The number of H-pyrrole nitrogens is 2. The van der Waals surface area contributed by atoms with E-state index in [1.807, 2.05) is 4.90 Å². The molecule has 0 unspecified atom stereocenters. The van der Waals surface area contributed by atoms with E-state index in [1.165, 1.54) is 0 Å². The molecule has 2 aromatic rings. The number of anilines is 1. The average Bonchev–Trinajstić information content (AvgIpc) is 3.10. The number of pyridine rings is 1. The number of nitrogens with one attached hydrogen (secondary N) is 3. The predicted octanol–water partition coefficient (Wildman–Crippen LogP) is 1.05. The van der Waals surface area contributed by atoms with Gasteiger partial charge in [-0.15, -0.1) is 0 Å². The van der Waals surface area contributed by atoms with Crippen LogP contribution in [0.25, 0.3) is 0 Å². The zero-order valence-corrected chi connectivity index (χ0v) is 16.0. The van der Waals surface area contributed by atoms with Gasteiger partial charge in [0.25, 0.3) is 5.91 Å². The van der Waals surface area contributed by atoms with Crippen LogP contribution in [0.3, 0.4) is 0 Å². The van der Waals surface area contributed by atoms with Gasteiger partial charge in [0.15, 0.2) is 0 Å². The summed E-state index contributed by atoms with van der Waals surface area (Å²) in [5.41, 5.74) is 0.241. The molecule has 0 spiro atoms. The minimum Gasteiger partial charge on any atom is -0.363 e. The smallest absolute Gasteiger partial charge is 0.340 e. The second-order valence-corrected chi connectivity index (χ2v) is 7.05. The molecule has 1 fully saturated rings. The third kappa shape index (κ3) is 4.54. The zero-order valence-electron chi connectivity index (χ0n) is 16.0. The lowest BCUT2D eigenvalue weighted by molar-refractivity contribution is 0.0371. The molecule has 1 atom stereocenters. The molecule has 3 heterocycles. The molecule has 3 N–H and O–H groups in total. The van der Waals surface area contributed by atoms with E-state index in [2.05, 4.69) is 51.2 Å². The number of carbonyl (C=O) groups is 1. The molecule has 0 aliphatic carbocycles. The minimum atomic E-state index is -0.344. The summed E-state index contributed by atoms with van der Waals surface area (Å²) in [6, 6.07) is 4.43. The van der Waals surface area contributed by atoms with Gasteiger partial charge in [0.05, 0.1) is 12.1 Å². The number of aromatic amines is 2. The van der Waals surface area contributed by atoms with Crippen LogP contribution in [0.4, 0.5) is 5.82 Å². The molecule has 1 amide bonds. The number of carbonyl (C=O) groups excluding carboxylic acids is 1. The Labute approximate surface area is 158 Å². The number of amides is 1. The Bertz CT molecular complexity index is 812. The van der Waals surface area contributed by atoms with Crippen LogP contribution in [-0.2, 0) is 6.54 Å². The highest BCUT2D eigenvalue weighted by Gasteiger charge is 2.30. The van der Waals surface area contributed by atoms with E-state index in [9.17, 15) is 9.59 Å². The molecule has 1 aliphatic rings. The van der Waals surface area contributed by atoms with Crippen LogP contribution in [0, 0.1) is 0 Å². The van der Waals surface area contributed by atoms with E-state index >= 15 is 0 Å². The van der Waals surface area contributed by atoms with E-state index in [0.717, 1.165) is 26.1 Å². The first kappa shape index (κ1) is 19.1. The monoisotopic (exact) mass is 373 g/mol. The van der Waals surface area contributed by atoms with E-state index < -0.39 is 0 Å². The topological polar surface area (TPSA) is 110 Å². The molecule has 0 saturated carbocycles. The molecule has 146 valence electrons. The highest BCUT2D eigenvalue weighted by Crippen LogP contribution is 2.18. The van der Waals surface area contributed by atoms with Gasteiger partial charge in [-0.25, -0.2) is 14.9 Å². The molecular weight excluding hydrogens is 346 g/mol. The molecule has 0 bridgehead atoms. The lowest BCUT2D eigenvalue weighted by Gasteiger charge is -2.43. The maximum absolute atomic E-state index is 12.8. The molecule has 0 radical (unpaired) electrons. The maximum atomic E-state index is 12.8. The van der Waals surface area contributed by atoms with Gasteiger partial charge in [0, 0.05) is 37.9 Å². The lowest BCUT2D eigenvalue weighted by Crippen LogP contribution is -2.56. The largest absolute Gasteiger partial charge is 0.363 e. The van der Waals surface area contributed by atoms with Crippen molar-refractivity contribution in [2.24, 2.45) is 0 Å². The van der Waals surface area contributed by atoms with Crippen LogP contribution in [0.1, 0.15) is 43.4 Å². The molecule has 1 aliphatic heterocycles. The first-order valence-electron chi connectivity index (χ1n) is 9.36. The van der Waals surface area contributed by atoms with Crippen molar-refractivity contribution >= 4 is 11.7 Å². The van der Waals surface area contributed by atoms with Crippen molar-refractivity contribution in [3.8, 4) is 0 Å². The van der Waals surface area contributed by atoms with E-state index in [0.29, 0.717) is 35.8 Å². The molecule has 9 nitrogen and oxygen atoms in total. The van der Waals surface area contributed by atoms with Crippen molar-refractivity contribution in [2.45, 2.75) is 45.8 Å². The van der Waals surface area contributed by atoms with Crippen molar-refractivity contribution in [1.82, 2.24) is 30.0 Å². The second-order valence-electron chi connectivity index (χ2n) is 7.05. The fourth-order valence-corrected chi connectivity index (χ4v) is 3.47. The molecule has 0 aromatic carbocycles. The lowest BCUT2D eigenvalue weighted by atomic mass is 10.1. The quantitative estimate of drug-likeness (QED) is 0.698. The number of aromatic nitrogens is 4. The molecule has 9 heteroatoms. The standard InChI is InChI=1S/C18H27N7O2/c1-4-14-11-24(7-8-25(14)12(2)3)17(26)13-5-6-15(19-9-13)20-10-16-21-18(27)23-22-16/h5-6,9,12,14H,4,7-8,10-11H2,1-3H3,(H,19,20)(H2,21,22,23,27)/t14-/m1/s1. The summed E-state index contributed by atoms with van der Waals surface area (Å²) in [5.74, 6) is 1.13. The summed E-state index contributed by atoms with van der Waals surface area (Å²) >= 11 is 0. The predicted molar refractivity (Wildman–Crippen MR) is 103 cm³/mol. The Morgan fingerprint density at radius 3 is 2.78 bits per heavy atom. The van der Waals surface area contributed by atoms with Crippen LogP contribution in [-0.4, -0.2) is 67.6 Å². The van der Waals surface area contributed by atoms with Gasteiger partial charge in [0.2, 0.25) is 0 Å². The summed E-state index contributed by atoms with van der Waals surface area (Å²) in [4.78, 5) is 35.1. The normalized spacial score (nSPS) is 18.1. The fraction of sp³-hybridized carbons (Fsp3) is 0.556. The summed E-state index contributed by atoms with van der Waals surface area (Å²) in [7, 11) is 0. The highest BCUT2D eigenvalue weighted by molar-refractivity contribution is 5.94. The summed E-state index contributed by atoms with van der Waals surface area (Å²) < 4.78 is 0. The van der Waals surface area contributed by atoms with Crippen LogP contribution in [0.15, 0.2) is 23.1 Å². The Morgan fingerprint density at radius 2 is 2.19 bits per heavy atom. The van der Waals surface area contributed by atoms with Crippen LogP contribution >= 0.6 is 0 Å². The first-order valence-corrected chi connectivity index (χ1v) is 9.36. The van der Waals surface area contributed by atoms with Crippen molar-refractivity contribution < 1.29 is 4.79 Å². The van der Waals surface area contributed by atoms with E-state index in [-0.39, 0.29) is 11.6 Å².